The topological polar surface area (TPSA) is 49.2 Å². The van der Waals surface area contributed by atoms with Gasteiger partial charge in [-0.3, -0.25) is 0 Å². The molecule has 1 saturated heterocycles. The van der Waals surface area contributed by atoms with Crippen molar-refractivity contribution in [1.82, 2.24) is 9.36 Å². The Morgan fingerprint density at radius 3 is 3.00 bits per heavy atom. The molecule has 16 heavy (non-hydrogen) atoms. The van der Waals surface area contributed by atoms with Gasteiger partial charge in [-0.05, 0) is 18.8 Å². The minimum absolute atomic E-state index is 0.211. The summed E-state index contributed by atoms with van der Waals surface area (Å²) in [6.45, 7) is 5.47. The summed E-state index contributed by atoms with van der Waals surface area (Å²) in [5, 5.41) is 10.4. The standard InChI is InChI=1S/C11H19N3OS/c1-3-10-12-11(16-13-10)14-6-4-5-8(2)9(14)7-15/h8-9,15H,3-7H2,1-2H3/t8-,9+/m1/s1. The van der Waals surface area contributed by atoms with Crippen molar-refractivity contribution in [3.8, 4) is 0 Å². The van der Waals surface area contributed by atoms with E-state index in [0.29, 0.717) is 5.92 Å². The minimum Gasteiger partial charge on any atom is -0.394 e. The zero-order valence-corrected chi connectivity index (χ0v) is 10.7. The predicted octanol–water partition coefficient (Wildman–Crippen LogP) is 1.70. The molecular formula is C11H19N3OS. The second kappa shape index (κ2) is 5.10. The molecule has 5 heteroatoms. The number of hydrogen-bond donors (Lipinski definition) is 1. The maximum Gasteiger partial charge on any atom is 0.205 e. The molecule has 0 aliphatic carbocycles. The number of rotatable bonds is 3. The maximum absolute atomic E-state index is 9.47. The van der Waals surface area contributed by atoms with E-state index in [-0.39, 0.29) is 12.6 Å². The quantitative estimate of drug-likeness (QED) is 0.875. The first kappa shape index (κ1) is 11.8. The number of aromatic nitrogens is 2. The Morgan fingerprint density at radius 2 is 2.38 bits per heavy atom. The number of hydrogen-bond acceptors (Lipinski definition) is 5. The van der Waals surface area contributed by atoms with Gasteiger partial charge in [0.15, 0.2) is 0 Å². The Hall–Kier alpha value is -0.680. The Balaban J connectivity index is 2.17. The Kier molecular flexibility index (Phi) is 3.76. The van der Waals surface area contributed by atoms with Gasteiger partial charge < -0.3 is 10.0 Å². The van der Waals surface area contributed by atoms with Crippen LogP contribution in [0.1, 0.15) is 32.5 Å². The van der Waals surface area contributed by atoms with Crippen LogP contribution in [0.3, 0.4) is 0 Å². The first-order valence-electron chi connectivity index (χ1n) is 5.96. The molecule has 0 spiro atoms. The molecule has 1 N–H and O–H groups in total. The molecular weight excluding hydrogens is 222 g/mol. The van der Waals surface area contributed by atoms with Gasteiger partial charge in [-0.2, -0.15) is 4.37 Å². The van der Waals surface area contributed by atoms with Gasteiger partial charge in [0.25, 0.3) is 0 Å². The van der Waals surface area contributed by atoms with Crippen molar-refractivity contribution in [3.05, 3.63) is 5.82 Å². The summed E-state index contributed by atoms with van der Waals surface area (Å²) < 4.78 is 4.31. The van der Waals surface area contributed by atoms with Crippen molar-refractivity contribution >= 4 is 16.7 Å². The molecule has 0 radical (unpaired) electrons. The minimum atomic E-state index is 0.211. The second-order valence-electron chi connectivity index (χ2n) is 4.41. The zero-order valence-electron chi connectivity index (χ0n) is 9.89. The summed E-state index contributed by atoms with van der Waals surface area (Å²) >= 11 is 1.46. The Labute approximate surface area is 100 Å². The summed E-state index contributed by atoms with van der Waals surface area (Å²) in [6, 6.07) is 0.214. The van der Waals surface area contributed by atoms with Gasteiger partial charge >= 0.3 is 0 Å². The largest absolute Gasteiger partial charge is 0.394 e. The van der Waals surface area contributed by atoms with Crippen molar-refractivity contribution in [1.29, 1.82) is 0 Å². The summed E-state index contributed by atoms with van der Waals surface area (Å²) in [5.41, 5.74) is 0. The highest BCUT2D eigenvalue weighted by Crippen LogP contribution is 2.29. The van der Waals surface area contributed by atoms with Gasteiger partial charge in [-0.1, -0.05) is 13.8 Å². The first-order chi connectivity index (χ1) is 7.76. The van der Waals surface area contributed by atoms with E-state index in [1.807, 2.05) is 0 Å². The highest BCUT2D eigenvalue weighted by molar-refractivity contribution is 7.09. The van der Waals surface area contributed by atoms with Crippen LogP contribution in [0.15, 0.2) is 0 Å². The second-order valence-corrected chi connectivity index (χ2v) is 5.14. The summed E-state index contributed by atoms with van der Waals surface area (Å²) in [5.74, 6) is 1.45. The molecule has 0 unspecified atom stereocenters. The monoisotopic (exact) mass is 241 g/mol. The molecule has 4 nitrogen and oxygen atoms in total. The summed E-state index contributed by atoms with van der Waals surface area (Å²) in [7, 11) is 0. The molecule has 90 valence electrons. The van der Waals surface area contributed by atoms with E-state index < -0.39 is 0 Å². The highest BCUT2D eigenvalue weighted by Gasteiger charge is 2.29. The molecule has 0 aromatic carbocycles. The van der Waals surface area contributed by atoms with E-state index in [2.05, 4.69) is 28.1 Å². The third-order valence-electron chi connectivity index (χ3n) is 3.32. The van der Waals surface area contributed by atoms with E-state index in [1.165, 1.54) is 24.4 Å². The lowest BCUT2D eigenvalue weighted by Crippen LogP contribution is -2.46. The van der Waals surface area contributed by atoms with E-state index in [0.717, 1.165) is 23.9 Å². The van der Waals surface area contributed by atoms with Gasteiger partial charge in [-0.15, -0.1) is 0 Å². The smallest absolute Gasteiger partial charge is 0.205 e. The van der Waals surface area contributed by atoms with Crippen LogP contribution < -0.4 is 4.90 Å². The zero-order chi connectivity index (χ0) is 11.5. The number of aliphatic hydroxyl groups is 1. The summed E-state index contributed by atoms with van der Waals surface area (Å²) in [4.78, 5) is 6.73. The van der Waals surface area contributed by atoms with Crippen LogP contribution in [0.2, 0.25) is 0 Å². The third-order valence-corrected chi connectivity index (χ3v) is 4.11. The predicted molar refractivity (Wildman–Crippen MR) is 65.9 cm³/mol. The molecule has 2 heterocycles. The lowest BCUT2D eigenvalue weighted by Gasteiger charge is -2.38. The van der Waals surface area contributed by atoms with Crippen LogP contribution in [-0.4, -0.2) is 33.7 Å². The van der Waals surface area contributed by atoms with E-state index in [9.17, 15) is 5.11 Å². The Morgan fingerprint density at radius 1 is 1.56 bits per heavy atom. The van der Waals surface area contributed by atoms with Gasteiger partial charge in [0.1, 0.15) is 5.82 Å². The number of anilines is 1. The number of aryl methyl sites for hydroxylation is 1. The number of nitrogens with zero attached hydrogens (tertiary/aromatic N) is 3. The van der Waals surface area contributed by atoms with E-state index >= 15 is 0 Å². The normalized spacial score (nSPS) is 26.1. The van der Waals surface area contributed by atoms with E-state index in [1.54, 1.807) is 0 Å². The fourth-order valence-electron chi connectivity index (χ4n) is 2.27. The number of piperidine rings is 1. The van der Waals surface area contributed by atoms with Gasteiger partial charge in [0.2, 0.25) is 5.13 Å². The van der Waals surface area contributed by atoms with E-state index in [4.69, 9.17) is 0 Å². The summed E-state index contributed by atoms with van der Waals surface area (Å²) in [6.07, 6.45) is 3.25. The van der Waals surface area contributed by atoms with Crippen molar-refractivity contribution in [3.63, 3.8) is 0 Å². The molecule has 2 atom stereocenters. The highest BCUT2D eigenvalue weighted by atomic mass is 32.1. The SMILES string of the molecule is CCc1nsc(N2CCC[C@@H](C)[C@@H]2CO)n1. The van der Waals surface area contributed by atoms with Crippen LogP contribution in [-0.2, 0) is 6.42 Å². The molecule has 1 fully saturated rings. The van der Waals surface area contributed by atoms with Crippen molar-refractivity contribution in [2.75, 3.05) is 18.1 Å². The first-order valence-corrected chi connectivity index (χ1v) is 6.73. The third kappa shape index (κ3) is 2.20. The molecule has 1 aliphatic heterocycles. The van der Waals surface area contributed by atoms with Crippen molar-refractivity contribution in [2.24, 2.45) is 5.92 Å². The van der Waals surface area contributed by atoms with Crippen LogP contribution in [0.4, 0.5) is 5.13 Å². The van der Waals surface area contributed by atoms with Crippen LogP contribution in [0.25, 0.3) is 0 Å². The maximum atomic E-state index is 9.47. The molecule has 2 rings (SSSR count). The average molecular weight is 241 g/mol. The number of aliphatic hydroxyl groups excluding tert-OH is 1. The van der Waals surface area contributed by atoms with Crippen LogP contribution in [0.5, 0.6) is 0 Å². The molecule has 1 aromatic rings. The van der Waals surface area contributed by atoms with Crippen LogP contribution in [0, 0.1) is 5.92 Å². The molecule has 1 aliphatic rings. The average Bonchev–Trinajstić information content (AvgIpc) is 2.77. The Bertz CT molecular complexity index is 342. The van der Waals surface area contributed by atoms with Crippen molar-refractivity contribution in [2.45, 2.75) is 39.2 Å². The molecule has 0 amide bonds. The van der Waals surface area contributed by atoms with Gasteiger partial charge in [0, 0.05) is 24.5 Å². The van der Waals surface area contributed by atoms with Crippen molar-refractivity contribution < 1.29 is 5.11 Å². The van der Waals surface area contributed by atoms with Gasteiger partial charge in [0.05, 0.1) is 12.6 Å². The fourth-order valence-corrected chi connectivity index (χ4v) is 3.10. The van der Waals surface area contributed by atoms with Crippen LogP contribution >= 0.6 is 11.5 Å². The fraction of sp³-hybridized carbons (Fsp3) is 0.818. The molecule has 0 bridgehead atoms. The molecule has 0 saturated carbocycles. The lowest BCUT2D eigenvalue weighted by atomic mass is 9.92. The molecule has 1 aromatic heterocycles. The lowest BCUT2D eigenvalue weighted by molar-refractivity contribution is 0.203. The van der Waals surface area contributed by atoms with Gasteiger partial charge in [-0.25, -0.2) is 4.98 Å².